The summed E-state index contributed by atoms with van der Waals surface area (Å²) in [5.41, 5.74) is 0. The van der Waals surface area contributed by atoms with Gasteiger partial charge in [-0.05, 0) is 6.92 Å². The fraction of sp³-hybridized carbons (Fsp3) is 0.812. The highest BCUT2D eigenvalue weighted by molar-refractivity contribution is 5.67. The van der Waals surface area contributed by atoms with Crippen LogP contribution in [0, 0.1) is 0 Å². The zero-order valence-corrected chi connectivity index (χ0v) is 15.4. The Labute approximate surface area is 150 Å². The molecular weight excluding hydrogens is 352 g/mol. The molecule has 0 aromatic heterocycles. The van der Waals surface area contributed by atoms with E-state index in [-0.39, 0.29) is 6.61 Å². The second-order valence-electron chi connectivity index (χ2n) is 5.99. The van der Waals surface area contributed by atoms with Crippen molar-refractivity contribution in [3.8, 4) is 0 Å². The summed E-state index contributed by atoms with van der Waals surface area (Å²) in [6, 6.07) is 0. The molecule has 0 bridgehead atoms. The Bertz CT molecular complexity index is 549. The molecule has 26 heavy (non-hydrogen) atoms. The first-order chi connectivity index (χ1) is 12.1. The maximum absolute atomic E-state index is 11.6. The zero-order chi connectivity index (χ0) is 19.5. The lowest BCUT2D eigenvalue weighted by molar-refractivity contribution is -0.342. The topological polar surface area (TPSA) is 116 Å². The number of hydrogen-bond acceptors (Lipinski definition) is 10. The van der Waals surface area contributed by atoms with Crippen LogP contribution in [0.5, 0.6) is 0 Å². The molecule has 10 heteroatoms. The van der Waals surface area contributed by atoms with Gasteiger partial charge in [-0.15, -0.1) is 0 Å². The molecule has 2 aliphatic rings. The highest BCUT2D eigenvalue weighted by Gasteiger charge is 2.59. The van der Waals surface area contributed by atoms with Crippen molar-refractivity contribution in [3.05, 3.63) is 0 Å². The molecule has 0 aliphatic carbocycles. The van der Waals surface area contributed by atoms with Crippen LogP contribution in [-0.4, -0.2) is 67.8 Å². The van der Waals surface area contributed by atoms with E-state index in [0.29, 0.717) is 6.61 Å². The van der Waals surface area contributed by atoms with E-state index in [2.05, 4.69) is 0 Å². The number of fused-ring (bicyclic) bond motifs is 1. The quantitative estimate of drug-likeness (QED) is 0.472. The first kappa shape index (κ1) is 20.6. The average molecular weight is 376 g/mol. The fourth-order valence-electron chi connectivity index (χ4n) is 2.91. The van der Waals surface area contributed by atoms with E-state index in [4.69, 9.17) is 33.2 Å². The average Bonchev–Trinajstić information content (AvgIpc) is 2.83. The molecule has 148 valence electrons. The van der Waals surface area contributed by atoms with Crippen LogP contribution in [0.2, 0.25) is 0 Å². The second-order valence-corrected chi connectivity index (χ2v) is 5.99. The molecule has 0 aromatic rings. The van der Waals surface area contributed by atoms with Gasteiger partial charge in [0.05, 0.1) is 0 Å². The van der Waals surface area contributed by atoms with Gasteiger partial charge in [0, 0.05) is 34.3 Å². The molecule has 2 heterocycles. The van der Waals surface area contributed by atoms with Gasteiger partial charge >= 0.3 is 17.9 Å². The molecule has 2 aliphatic heterocycles. The molecule has 0 saturated carbocycles. The first-order valence-electron chi connectivity index (χ1n) is 8.28. The van der Waals surface area contributed by atoms with E-state index in [9.17, 15) is 14.4 Å². The summed E-state index contributed by atoms with van der Waals surface area (Å²) in [4.78, 5) is 34.2. The monoisotopic (exact) mass is 376 g/mol. The van der Waals surface area contributed by atoms with E-state index in [1.807, 2.05) is 0 Å². The normalized spacial score (nSPS) is 36.1. The highest BCUT2D eigenvalue weighted by atomic mass is 16.9. The summed E-state index contributed by atoms with van der Waals surface area (Å²) in [6.07, 6.45) is -4.86. The van der Waals surface area contributed by atoms with Crippen LogP contribution in [-0.2, 0) is 47.5 Å². The van der Waals surface area contributed by atoms with Gasteiger partial charge in [0.25, 0.3) is 5.97 Å². The Balaban J connectivity index is 2.29. The Morgan fingerprint density at radius 1 is 0.962 bits per heavy atom. The van der Waals surface area contributed by atoms with E-state index < -0.39 is 54.6 Å². The Hall–Kier alpha value is -1.75. The lowest BCUT2D eigenvalue weighted by Crippen LogP contribution is -2.60. The van der Waals surface area contributed by atoms with Crippen LogP contribution in [0.1, 0.15) is 34.6 Å². The molecule has 6 atom stereocenters. The number of esters is 3. The number of rotatable bonds is 6. The third kappa shape index (κ3) is 4.91. The summed E-state index contributed by atoms with van der Waals surface area (Å²) >= 11 is 0. The van der Waals surface area contributed by atoms with E-state index in [1.54, 1.807) is 13.8 Å². The Morgan fingerprint density at radius 2 is 1.58 bits per heavy atom. The minimum Gasteiger partial charge on any atom is -0.463 e. The van der Waals surface area contributed by atoms with E-state index in [0.717, 1.165) is 0 Å². The zero-order valence-electron chi connectivity index (χ0n) is 15.4. The van der Waals surface area contributed by atoms with Gasteiger partial charge < -0.3 is 28.4 Å². The Kier molecular flexibility index (Phi) is 6.56. The van der Waals surface area contributed by atoms with Gasteiger partial charge in [0.15, 0.2) is 24.6 Å². The van der Waals surface area contributed by atoms with Crippen LogP contribution in [0.25, 0.3) is 0 Å². The fourth-order valence-corrected chi connectivity index (χ4v) is 2.91. The van der Waals surface area contributed by atoms with Crippen molar-refractivity contribution >= 4 is 17.9 Å². The van der Waals surface area contributed by atoms with Crippen LogP contribution < -0.4 is 0 Å². The lowest BCUT2D eigenvalue weighted by Gasteiger charge is -2.40. The molecule has 0 spiro atoms. The van der Waals surface area contributed by atoms with Crippen molar-refractivity contribution in [2.24, 2.45) is 0 Å². The predicted octanol–water partition coefficient (Wildman–Crippen LogP) is 0.263. The number of ether oxygens (including phenoxy) is 7. The SMILES string of the molecule is CCOC1(C)OC2[C@@H](OC(COC(C)=O)[C@H](OC(C)=O)[C@@H]2OC(C)=O)O1. The standard InChI is InChI=1S/C16H24O10/c1-6-21-16(5)25-14-13(23-10(4)19)12(22-9(3)18)11(7-20-8(2)17)24-15(14)26-16/h11-15H,6-7H2,1-5H3/t11?,12-,13-,14?,15-,16?/m0/s1. The smallest absolute Gasteiger partial charge is 0.303 e. The first-order valence-corrected chi connectivity index (χ1v) is 8.28. The summed E-state index contributed by atoms with van der Waals surface area (Å²) < 4.78 is 38.2. The number of hydrogen-bond donors (Lipinski definition) is 0. The van der Waals surface area contributed by atoms with Crippen LogP contribution in [0.4, 0.5) is 0 Å². The van der Waals surface area contributed by atoms with Crippen LogP contribution in [0.15, 0.2) is 0 Å². The summed E-state index contributed by atoms with van der Waals surface area (Å²) in [5.74, 6) is -3.18. The number of carbonyl (C=O) groups is 3. The van der Waals surface area contributed by atoms with Crippen molar-refractivity contribution < 1.29 is 47.5 Å². The van der Waals surface area contributed by atoms with Crippen LogP contribution in [0.3, 0.4) is 0 Å². The van der Waals surface area contributed by atoms with Crippen LogP contribution >= 0.6 is 0 Å². The van der Waals surface area contributed by atoms with Crippen molar-refractivity contribution in [2.75, 3.05) is 13.2 Å². The maximum atomic E-state index is 11.6. The van der Waals surface area contributed by atoms with E-state index >= 15 is 0 Å². The molecule has 3 unspecified atom stereocenters. The third-order valence-corrected chi connectivity index (χ3v) is 3.73. The van der Waals surface area contributed by atoms with Crippen molar-refractivity contribution in [2.45, 2.75) is 71.3 Å². The Morgan fingerprint density at radius 3 is 2.12 bits per heavy atom. The summed E-state index contributed by atoms with van der Waals surface area (Å²) in [5, 5.41) is 0. The van der Waals surface area contributed by atoms with Gasteiger partial charge in [-0.1, -0.05) is 0 Å². The van der Waals surface area contributed by atoms with Gasteiger partial charge in [0.2, 0.25) is 0 Å². The largest absolute Gasteiger partial charge is 0.463 e. The lowest BCUT2D eigenvalue weighted by atomic mass is 9.98. The third-order valence-electron chi connectivity index (χ3n) is 3.73. The minimum absolute atomic E-state index is 0.219. The second kappa shape index (κ2) is 8.30. The molecule has 10 nitrogen and oxygen atoms in total. The predicted molar refractivity (Wildman–Crippen MR) is 82.4 cm³/mol. The van der Waals surface area contributed by atoms with Gasteiger partial charge in [-0.2, -0.15) is 0 Å². The van der Waals surface area contributed by atoms with Crippen molar-refractivity contribution in [3.63, 3.8) is 0 Å². The summed E-state index contributed by atoms with van der Waals surface area (Å²) in [6.45, 7) is 7.04. The molecule has 0 amide bonds. The maximum Gasteiger partial charge on any atom is 0.303 e. The molecule has 2 fully saturated rings. The molecule has 0 radical (unpaired) electrons. The molecule has 0 aromatic carbocycles. The molecule has 2 saturated heterocycles. The molecule has 0 N–H and O–H groups in total. The van der Waals surface area contributed by atoms with E-state index in [1.165, 1.54) is 20.8 Å². The van der Waals surface area contributed by atoms with Gasteiger partial charge in [-0.3, -0.25) is 19.1 Å². The summed E-state index contributed by atoms with van der Waals surface area (Å²) in [7, 11) is 0. The minimum atomic E-state index is -1.42. The van der Waals surface area contributed by atoms with Gasteiger partial charge in [-0.25, -0.2) is 0 Å². The van der Waals surface area contributed by atoms with Gasteiger partial charge in [0.1, 0.15) is 12.7 Å². The van der Waals surface area contributed by atoms with Crippen molar-refractivity contribution in [1.29, 1.82) is 0 Å². The molecular formula is C16H24O10. The number of carbonyl (C=O) groups excluding carboxylic acids is 3. The molecule has 2 rings (SSSR count). The highest BCUT2D eigenvalue weighted by Crippen LogP contribution is 2.39. The van der Waals surface area contributed by atoms with Crippen molar-refractivity contribution in [1.82, 2.24) is 0 Å².